The molecular formula is C27H26ClN5. The van der Waals surface area contributed by atoms with Gasteiger partial charge in [-0.1, -0.05) is 56.5 Å². The summed E-state index contributed by atoms with van der Waals surface area (Å²) in [6, 6.07) is 12.7. The number of hydrogen-bond acceptors (Lipinski definition) is 3. The van der Waals surface area contributed by atoms with E-state index in [1.807, 2.05) is 36.7 Å². The second-order valence-corrected chi connectivity index (χ2v) is 9.70. The van der Waals surface area contributed by atoms with Crippen LogP contribution >= 0.6 is 11.6 Å². The smallest absolute Gasteiger partial charge is 0.147 e. The van der Waals surface area contributed by atoms with Gasteiger partial charge in [0.15, 0.2) is 0 Å². The van der Waals surface area contributed by atoms with Crippen LogP contribution < -0.4 is 0 Å². The summed E-state index contributed by atoms with van der Waals surface area (Å²) >= 11 is 6.57. The lowest BCUT2D eigenvalue weighted by Crippen LogP contribution is -2.04. The van der Waals surface area contributed by atoms with E-state index >= 15 is 0 Å². The molecule has 0 saturated heterocycles. The first-order valence-corrected chi connectivity index (χ1v) is 12.1. The Morgan fingerprint density at radius 1 is 1.03 bits per heavy atom. The first kappa shape index (κ1) is 20.4. The van der Waals surface area contributed by atoms with Gasteiger partial charge in [0.25, 0.3) is 0 Å². The van der Waals surface area contributed by atoms with Gasteiger partial charge in [0.05, 0.1) is 34.2 Å². The van der Waals surface area contributed by atoms with Crippen LogP contribution in [-0.2, 0) is 0 Å². The molecule has 4 aromatic heterocycles. The third kappa shape index (κ3) is 3.42. The zero-order valence-corrected chi connectivity index (χ0v) is 19.6. The zero-order valence-electron chi connectivity index (χ0n) is 18.9. The van der Waals surface area contributed by atoms with E-state index in [0.29, 0.717) is 11.1 Å². The van der Waals surface area contributed by atoms with Gasteiger partial charge in [-0.3, -0.25) is 9.67 Å². The van der Waals surface area contributed by atoms with Crippen molar-refractivity contribution in [2.24, 2.45) is 0 Å². The average molecular weight is 456 g/mol. The van der Waals surface area contributed by atoms with Gasteiger partial charge >= 0.3 is 0 Å². The van der Waals surface area contributed by atoms with E-state index < -0.39 is 0 Å². The van der Waals surface area contributed by atoms with E-state index in [2.05, 4.69) is 52.6 Å². The van der Waals surface area contributed by atoms with Gasteiger partial charge in [-0.2, -0.15) is 5.10 Å². The van der Waals surface area contributed by atoms with Gasteiger partial charge in [-0.15, -0.1) is 0 Å². The highest BCUT2D eigenvalue weighted by molar-refractivity contribution is 6.33. The van der Waals surface area contributed by atoms with Crippen LogP contribution in [0.4, 0.5) is 0 Å². The van der Waals surface area contributed by atoms with Crippen molar-refractivity contribution in [2.75, 3.05) is 0 Å². The molecule has 6 rings (SSSR count). The predicted molar refractivity (Wildman–Crippen MR) is 134 cm³/mol. The Kier molecular flexibility index (Phi) is 4.95. The molecule has 4 heterocycles. The number of aromatic nitrogens is 5. The lowest BCUT2D eigenvalue weighted by Gasteiger charge is -2.10. The maximum atomic E-state index is 6.57. The number of benzene rings is 1. The van der Waals surface area contributed by atoms with Crippen LogP contribution in [0.25, 0.3) is 38.9 Å². The SMILES string of the molecule is CC(C)c1c(-c2ccccc2Cl)nc2c3cc(-c4cnn(C5CCCC5)c4)cnc3ccn12. The summed E-state index contributed by atoms with van der Waals surface area (Å²) in [5.74, 6) is 0.282. The van der Waals surface area contributed by atoms with Crippen LogP contribution in [0.5, 0.6) is 0 Å². The fraction of sp³-hybridized carbons (Fsp3) is 0.296. The van der Waals surface area contributed by atoms with E-state index in [9.17, 15) is 0 Å². The third-order valence-electron chi connectivity index (χ3n) is 6.80. The molecule has 0 bridgehead atoms. The van der Waals surface area contributed by atoms with E-state index in [0.717, 1.165) is 44.6 Å². The number of nitrogens with zero attached hydrogens (tertiary/aromatic N) is 5. The molecule has 0 N–H and O–H groups in total. The number of imidazole rings is 1. The molecule has 0 aliphatic heterocycles. The first-order chi connectivity index (χ1) is 16.1. The molecule has 5 nitrogen and oxygen atoms in total. The number of pyridine rings is 2. The van der Waals surface area contributed by atoms with Crippen molar-refractivity contribution in [3.8, 4) is 22.4 Å². The molecular weight excluding hydrogens is 430 g/mol. The van der Waals surface area contributed by atoms with Crippen LogP contribution in [0, 0.1) is 0 Å². The molecule has 1 saturated carbocycles. The molecule has 0 amide bonds. The molecule has 0 radical (unpaired) electrons. The van der Waals surface area contributed by atoms with Gasteiger partial charge < -0.3 is 4.40 Å². The van der Waals surface area contributed by atoms with E-state index in [-0.39, 0.29) is 5.92 Å². The van der Waals surface area contributed by atoms with E-state index in [4.69, 9.17) is 21.6 Å². The van der Waals surface area contributed by atoms with Crippen molar-refractivity contribution >= 4 is 28.2 Å². The maximum Gasteiger partial charge on any atom is 0.147 e. The van der Waals surface area contributed by atoms with Crippen LogP contribution in [0.2, 0.25) is 5.02 Å². The Balaban J connectivity index is 1.53. The topological polar surface area (TPSA) is 48.0 Å². The molecule has 0 atom stereocenters. The van der Waals surface area contributed by atoms with Crippen molar-refractivity contribution in [2.45, 2.75) is 51.5 Å². The maximum absolute atomic E-state index is 6.57. The summed E-state index contributed by atoms with van der Waals surface area (Å²) in [5, 5.41) is 6.41. The third-order valence-corrected chi connectivity index (χ3v) is 7.13. The molecule has 6 heteroatoms. The Labute approximate surface area is 198 Å². The van der Waals surface area contributed by atoms with Gasteiger partial charge in [0.1, 0.15) is 5.65 Å². The minimum atomic E-state index is 0.282. The summed E-state index contributed by atoms with van der Waals surface area (Å²) in [7, 11) is 0. The van der Waals surface area contributed by atoms with Crippen LogP contribution in [0.3, 0.4) is 0 Å². The summed E-state index contributed by atoms with van der Waals surface area (Å²) in [4.78, 5) is 9.89. The fourth-order valence-electron chi connectivity index (χ4n) is 5.14. The number of fused-ring (bicyclic) bond motifs is 3. The normalized spacial score (nSPS) is 14.8. The van der Waals surface area contributed by atoms with Gasteiger partial charge in [-0.05, 0) is 37.0 Å². The van der Waals surface area contributed by atoms with Crippen molar-refractivity contribution in [1.29, 1.82) is 0 Å². The van der Waals surface area contributed by atoms with Crippen molar-refractivity contribution in [3.05, 3.63) is 71.9 Å². The Hall–Kier alpha value is -3.18. The summed E-state index contributed by atoms with van der Waals surface area (Å²) in [6.45, 7) is 4.39. The van der Waals surface area contributed by atoms with Crippen molar-refractivity contribution in [1.82, 2.24) is 24.1 Å². The van der Waals surface area contributed by atoms with E-state index in [1.165, 1.54) is 25.7 Å². The average Bonchev–Trinajstić information content (AvgIpc) is 3.58. The molecule has 1 fully saturated rings. The van der Waals surface area contributed by atoms with Gasteiger partial charge in [-0.25, -0.2) is 4.98 Å². The minimum Gasteiger partial charge on any atom is -0.303 e. The van der Waals surface area contributed by atoms with Crippen LogP contribution in [0.1, 0.15) is 57.2 Å². The van der Waals surface area contributed by atoms with Crippen molar-refractivity contribution in [3.63, 3.8) is 0 Å². The Bertz CT molecular complexity index is 1470. The fourth-order valence-corrected chi connectivity index (χ4v) is 5.36. The van der Waals surface area contributed by atoms with Crippen LogP contribution in [-0.4, -0.2) is 24.1 Å². The van der Waals surface area contributed by atoms with Gasteiger partial charge in [0, 0.05) is 40.7 Å². The molecule has 33 heavy (non-hydrogen) atoms. The second-order valence-electron chi connectivity index (χ2n) is 9.29. The Morgan fingerprint density at radius 2 is 1.85 bits per heavy atom. The largest absolute Gasteiger partial charge is 0.303 e. The zero-order chi connectivity index (χ0) is 22.5. The summed E-state index contributed by atoms with van der Waals surface area (Å²) < 4.78 is 4.33. The molecule has 1 aromatic carbocycles. The Morgan fingerprint density at radius 3 is 2.64 bits per heavy atom. The number of rotatable bonds is 4. The minimum absolute atomic E-state index is 0.282. The summed E-state index contributed by atoms with van der Waals surface area (Å²) in [6.07, 6.45) is 13.2. The standard InChI is InChI=1S/C27H26ClN5/c1-17(2)26-25(21-9-5-6-10-23(21)28)31-27-22-13-18(14-29-24(22)11-12-32(26)27)19-15-30-33(16-19)20-7-3-4-8-20/h5-6,9-17,20H,3-4,7-8H2,1-2H3. The van der Waals surface area contributed by atoms with Crippen LogP contribution in [0.15, 0.2) is 61.2 Å². The second kappa shape index (κ2) is 7.99. The first-order valence-electron chi connectivity index (χ1n) is 11.7. The lowest BCUT2D eigenvalue weighted by atomic mass is 10.0. The molecule has 1 aliphatic rings. The van der Waals surface area contributed by atoms with Crippen molar-refractivity contribution < 1.29 is 0 Å². The monoisotopic (exact) mass is 455 g/mol. The molecule has 5 aromatic rings. The molecule has 0 unspecified atom stereocenters. The lowest BCUT2D eigenvalue weighted by molar-refractivity contribution is 0.467. The highest BCUT2D eigenvalue weighted by atomic mass is 35.5. The molecule has 1 aliphatic carbocycles. The highest BCUT2D eigenvalue weighted by Gasteiger charge is 2.21. The van der Waals surface area contributed by atoms with E-state index in [1.54, 1.807) is 0 Å². The predicted octanol–water partition coefficient (Wildman–Crippen LogP) is 7.30. The summed E-state index contributed by atoms with van der Waals surface area (Å²) in [5.41, 5.74) is 7.04. The number of halogens is 1. The number of hydrogen-bond donors (Lipinski definition) is 0. The quantitative estimate of drug-likeness (QED) is 0.285. The molecule has 0 spiro atoms. The highest BCUT2D eigenvalue weighted by Crippen LogP contribution is 2.36. The molecule has 166 valence electrons. The van der Waals surface area contributed by atoms with Gasteiger partial charge in [0.2, 0.25) is 0 Å².